The van der Waals surface area contributed by atoms with Crippen molar-refractivity contribution in [3.05, 3.63) is 64.4 Å². The fraction of sp³-hybridized carbons (Fsp3) is 0.176. The molecule has 0 aliphatic heterocycles. The summed E-state index contributed by atoms with van der Waals surface area (Å²) in [5.74, 6) is -0.799. The minimum Gasteiger partial charge on any atom is -0.350 e. The van der Waals surface area contributed by atoms with Crippen LogP contribution in [0.5, 0.6) is 0 Å². The van der Waals surface area contributed by atoms with Gasteiger partial charge in [-0.25, -0.2) is 4.39 Å². The number of hydrogen-bond donors (Lipinski definition) is 1. The topological polar surface area (TPSA) is 49.4 Å². The first kappa shape index (κ1) is 17.1. The van der Waals surface area contributed by atoms with Gasteiger partial charge in [0.1, 0.15) is 5.82 Å². The van der Waals surface area contributed by atoms with Gasteiger partial charge in [0, 0.05) is 35.7 Å². The Bertz CT molecular complexity index is 687. The zero-order chi connectivity index (χ0) is 16.8. The highest BCUT2D eigenvalue weighted by molar-refractivity contribution is 9.10. The van der Waals surface area contributed by atoms with Crippen molar-refractivity contribution >= 4 is 33.4 Å². The van der Waals surface area contributed by atoms with E-state index in [-0.39, 0.29) is 17.6 Å². The Kier molecular flexibility index (Phi) is 5.87. The predicted octanol–water partition coefficient (Wildman–Crippen LogP) is 3.37. The Hall–Kier alpha value is -2.21. The highest BCUT2D eigenvalue weighted by Crippen LogP contribution is 2.18. The van der Waals surface area contributed by atoms with Crippen LogP contribution in [0, 0.1) is 5.82 Å². The van der Waals surface area contributed by atoms with Gasteiger partial charge in [0.05, 0.1) is 0 Å². The van der Waals surface area contributed by atoms with E-state index >= 15 is 0 Å². The normalized spacial score (nSPS) is 10.2. The van der Waals surface area contributed by atoms with Gasteiger partial charge in [-0.15, -0.1) is 0 Å². The molecule has 0 unspecified atom stereocenters. The second-order valence-electron chi connectivity index (χ2n) is 4.91. The fourth-order valence-corrected chi connectivity index (χ4v) is 2.34. The van der Waals surface area contributed by atoms with Gasteiger partial charge in [-0.3, -0.25) is 9.59 Å². The van der Waals surface area contributed by atoms with Crippen molar-refractivity contribution in [1.29, 1.82) is 0 Å². The largest absolute Gasteiger partial charge is 0.350 e. The minimum atomic E-state index is -0.389. The van der Waals surface area contributed by atoms with Gasteiger partial charge < -0.3 is 10.2 Å². The third-order valence-corrected chi connectivity index (χ3v) is 3.77. The maximum atomic E-state index is 12.8. The van der Waals surface area contributed by atoms with Gasteiger partial charge in [-0.1, -0.05) is 15.9 Å². The molecule has 0 aliphatic rings. The number of rotatable bonds is 5. The molecule has 2 aromatic rings. The van der Waals surface area contributed by atoms with Crippen molar-refractivity contribution < 1.29 is 14.0 Å². The Balaban J connectivity index is 1.94. The summed E-state index contributed by atoms with van der Waals surface area (Å²) in [6, 6.07) is 12.7. The second-order valence-corrected chi connectivity index (χ2v) is 5.83. The first-order valence-corrected chi connectivity index (χ1v) is 7.84. The van der Waals surface area contributed by atoms with Crippen LogP contribution in [0.15, 0.2) is 53.0 Å². The highest BCUT2D eigenvalue weighted by atomic mass is 79.9. The molecule has 0 saturated heterocycles. The van der Waals surface area contributed by atoms with E-state index in [9.17, 15) is 14.0 Å². The second kappa shape index (κ2) is 7.87. The summed E-state index contributed by atoms with van der Waals surface area (Å²) in [7, 11) is 0. The number of anilines is 1. The van der Waals surface area contributed by atoms with Crippen LogP contribution in [-0.2, 0) is 4.79 Å². The van der Waals surface area contributed by atoms with E-state index in [1.807, 2.05) is 24.3 Å². The van der Waals surface area contributed by atoms with Crippen LogP contribution in [0.2, 0.25) is 0 Å². The van der Waals surface area contributed by atoms with E-state index in [4.69, 9.17) is 0 Å². The Morgan fingerprint density at radius 3 is 2.26 bits per heavy atom. The molecule has 4 nitrogen and oxygen atoms in total. The van der Waals surface area contributed by atoms with E-state index in [0.717, 1.165) is 10.2 Å². The lowest BCUT2D eigenvalue weighted by Crippen LogP contribution is -2.37. The summed E-state index contributed by atoms with van der Waals surface area (Å²) < 4.78 is 13.8. The first-order chi connectivity index (χ1) is 11.0. The number of amides is 2. The van der Waals surface area contributed by atoms with Crippen LogP contribution < -0.4 is 10.2 Å². The maximum Gasteiger partial charge on any atom is 0.251 e. The molecule has 2 rings (SSSR count). The zero-order valence-corrected chi connectivity index (χ0v) is 14.1. The first-order valence-electron chi connectivity index (χ1n) is 7.05. The van der Waals surface area contributed by atoms with Crippen molar-refractivity contribution in [3.63, 3.8) is 0 Å². The number of nitrogens with zero attached hydrogens (tertiary/aromatic N) is 1. The lowest BCUT2D eigenvalue weighted by Gasteiger charge is -2.21. The summed E-state index contributed by atoms with van der Waals surface area (Å²) in [5.41, 5.74) is 1.14. The number of nitrogens with one attached hydrogen (secondary N) is 1. The van der Waals surface area contributed by atoms with Crippen LogP contribution >= 0.6 is 15.9 Å². The van der Waals surface area contributed by atoms with Crippen molar-refractivity contribution in [3.8, 4) is 0 Å². The molecular weight excluding hydrogens is 363 g/mol. The maximum absolute atomic E-state index is 12.8. The number of hydrogen-bond acceptors (Lipinski definition) is 2. The summed E-state index contributed by atoms with van der Waals surface area (Å²) in [5, 5.41) is 2.72. The number of benzene rings is 2. The smallest absolute Gasteiger partial charge is 0.251 e. The molecule has 23 heavy (non-hydrogen) atoms. The zero-order valence-electron chi connectivity index (χ0n) is 12.6. The molecule has 1 N–H and O–H groups in total. The molecule has 6 heteroatoms. The number of halogens is 2. The van der Waals surface area contributed by atoms with Crippen molar-refractivity contribution in [1.82, 2.24) is 5.32 Å². The molecule has 0 saturated carbocycles. The van der Waals surface area contributed by atoms with E-state index in [2.05, 4.69) is 21.2 Å². The summed E-state index contributed by atoms with van der Waals surface area (Å²) in [4.78, 5) is 25.3. The summed E-state index contributed by atoms with van der Waals surface area (Å²) in [6.07, 6.45) is 0. The lowest BCUT2D eigenvalue weighted by molar-refractivity contribution is -0.116. The van der Waals surface area contributed by atoms with Crippen molar-refractivity contribution in [2.45, 2.75) is 6.92 Å². The van der Waals surface area contributed by atoms with Gasteiger partial charge in [-0.2, -0.15) is 0 Å². The van der Waals surface area contributed by atoms with E-state index < -0.39 is 0 Å². The third kappa shape index (κ3) is 4.89. The van der Waals surface area contributed by atoms with Crippen LogP contribution in [0.1, 0.15) is 17.3 Å². The summed E-state index contributed by atoms with van der Waals surface area (Å²) in [6.45, 7) is 2.12. The van der Waals surface area contributed by atoms with Gasteiger partial charge in [0.2, 0.25) is 5.91 Å². The van der Waals surface area contributed by atoms with Crippen molar-refractivity contribution in [2.75, 3.05) is 18.0 Å². The van der Waals surface area contributed by atoms with Gasteiger partial charge in [0.25, 0.3) is 5.91 Å². The highest BCUT2D eigenvalue weighted by Gasteiger charge is 2.12. The SMILES string of the molecule is CC(=O)N(CCNC(=O)c1ccc(F)cc1)c1ccc(Br)cc1. The van der Waals surface area contributed by atoms with Gasteiger partial charge in [0.15, 0.2) is 0 Å². The average molecular weight is 379 g/mol. The molecular formula is C17H16BrFN2O2. The lowest BCUT2D eigenvalue weighted by atomic mass is 10.2. The molecule has 0 fully saturated rings. The van der Waals surface area contributed by atoms with Crippen LogP contribution in [-0.4, -0.2) is 24.9 Å². The molecule has 0 aromatic heterocycles. The molecule has 120 valence electrons. The van der Waals surface area contributed by atoms with Crippen LogP contribution in [0.25, 0.3) is 0 Å². The fourth-order valence-electron chi connectivity index (χ4n) is 2.07. The van der Waals surface area contributed by atoms with E-state index in [1.165, 1.54) is 31.2 Å². The van der Waals surface area contributed by atoms with Gasteiger partial charge >= 0.3 is 0 Å². The Morgan fingerprint density at radius 2 is 1.70 bits per heavy atom. The predicted molar refractivity (Wildman–Crippen MR) is 90.9 cm³/mol. The van der Waals surface area contributed by atoms with Crippen molar-refractivity contribution in [2.24, 2.45) is 0 Å². The minimum absolute atomic E-state index is 0.108. The average Bonchev–Trinajstić information content (AvgIpc) is 2.53. The molecule has 0 bridgehead atoms. The standard InChI is InChI=1S/C17H16BrFN2O2/c1-12(22)21(16-8-4-14(18)5-9-16)11-10-20-17(23)13-2-6-15(19)7-3-13/h2-9H,10-11H2,1H3,(H,20,23). The molecule has 2 amide bonds. The number of carbonyl (C=O) groups is 2. The molecule has 0 heterocycles. The molecule has 2 aromatic carbocycles. The van der Waals surface area contributed by atoms with Crippen LogP contribution in [0.4, 0.5) is 10.1 Å². The number of carbonyl (C=O) groups excluding carboxylic acids is 2. The van der Waals surface area contributed by atoms with Gasteiger partial charge in [-0.05, 0) is 48.5 Å². The molecule has 0 radical (unpaired) electrons. The third-order valence-electron chi connectivity index (χ3n) is 3.25. The monoisotopic (exact) mass is 378 g/mol. The molecule has 0 atom stereocenters. The van der Waals surface area contributed by atoms with E-state index in [1.54, 1.807) is 4.90 Å². The van der Waals surface area contributed by atoms with Crippen LogP contribution in [0.3, 0.4) is 0 Å². The Morgan fingerprint density at radius 1 is 1.09 bits per heavy atom. The molecule has 0 aliphatic carbocycles. The van der Waals surface area contributed by atoms with E-state index in [0.29, 0.717) is 18.7 Å². The Labute approximate surface area is 142 Å². The quantitative estimate of drug-likeness (QED) is 0.866. The molecule has 0 spiro atoms. The summed E-state index contributed by atoms with van der Waals surface area (Å²) >= 11 is 3.35.